The molecule has 0 aliphatic rings. The first kappa shape index (κ1) is 15.5. The van der Waals surface area contributed by atoms with Crippen molar-refractivity contribution in [1.82, 2.24) is 0 Å². The lowest BCUT2D eigenvalue weighted by Crippen LogP contribution is -2.18. The van der Waals surface area contributed by atoms with Crippen LogP contribution >= 0.6 is 0 Å². The van der Waals surface area contributed by atoms with E-state index in [0.717, 1.165) is 11.3 Å². The Morgan fingerprint density at radius 3 is 2.68 bits per heavy atom. The average molecular weight is 296 g/mol. The molecule has 2 aromatic carbocycles. The predicted octanol–water partition coefficient (Wildman–Crippen LogP) is 2.72. The molecule has 1 amide bonds. The van der Waals surface area contributed by atoms with Gasteiger partial charge in [-0.25, -0.2) is 0 Å². The van der Waals surface area contributed by atoms with Crippen molar-refractivity contribution in [3.63, 3.8) is 0 Å². The quantitative estimate of drug-likeness (QED) is 0.889. The summed E-state index contributed by atoms with van der Waals surface area (Å²) in [5.74, 6) is 0.516. The van der Waals surface area contributed by atoms with Crippen LogP contribution in [0.1, 0.15) is 11.1 Å². The molecule has 2 aromatic rings. The monoisotopic (exact) mass is 296 g/mol. The van der Waals surface area contributed by atoms with E-state index in [9.17, 15) is 4.79 Å². The largest absolute Gasteiger partial charge is 0.497 e. The van der Waals surface area contributed by atoms with Crippen molar-refractivity contribution in [3.8, 4) is 11.8 Å². The SMILES string of the molecule is COc1ccc(COCC(=O)Nc2cccc(C#N)c2)cc1. The van der Waals surface area contributed by atoms with Gasteiger partial charge in [0.05, 0.1) is 25.3 Å². The summed E-state index contributed by atoms with van der Waals surface area (Å²) in [6, 6.07) is 16.2. The molecular formula is C17H16N2O3. The molecule has 0 aliphatic heterocycles. The summed E-state index contributed by atoms with van der Waals surface area (Å²) in [6.07, 6.45) is 0. The Morgan fingerprint density at radius 1 is 1.23 bits per heavy atom. The molecule has 5 nitrogen and oxygen atoms in total. The number of nitrogens with one attached hydrogen (secondary N) is 1. The van der Waals surface area contributed by atoms with E-state index in [0.29, 0.717) is 17.9 Å². The summed E-state index contributed by atoms with van der Waals surface area (Å²) >= 11 is 0. The van der Waals surface area contributed by atoms with Gasteiger partial charge in [-0.2, -0.15) is 5.26 Å². The Bertz CT molecular complexity index is 675. The number of methoxy groups -OCH3 is 1. The molecule has 0 fully saturated rings. The van der Waals surface area contributed by atoms with Gasteiger partial charge in [0.1, 0.15) is 12.4 Å². The number of nitrogens with zero attached hydrogens (tertiary/aromatic N) is 1. The highest BCUT2D eigenvalue weighted by atomic mass is 16.5. The number of benzene rings is 2. The van der Waals surface area contributed by atoms with Gasteiger partial charge in [-0.05, 0) is 35.9 Å². The summed E-state index contributed by atoms with van der Waals surface area (Å²) in [6.45, 7) is 0.290. The zero-order valence-electron chi connectivity index (χ0n) is 12.2. The molecule has 0 radical (unpaired) electrons. The van der Waals surface area contributed by atoms with E-state index in [1.54, 1.807) is 31.4 Å². The van der Waals surface area contributed by atoms with Gasteiger partial charge in [0.25, 0.3) is 0 Å². The van der Waals surface area contributed by atoms with Gasteiger partial charge in [-0.3, -0.25) is 4.79 Å². The lowest BCUT2D eigenvalue weighted by atomic mass is 10.2. The molecule has 0 spiro atoms. The van der Waals surface area contributed by atoms with Crippen LogP contribution in [0.3, 0.4) is 0 Å². The van der Waals surface area contributed by atoms with Crippen LogP contribution in [0.4, 0.5) is 5.69 Å². The molecule has 5 heteroatoms. The van der Waals surface area contributed by atoms with Gasteiger partial charge < -0.3 is 14.8 Å². The van der Waals surface area contributed by atoms with Gasteiger partial charge in [-0.1, -0.05) is 18.2 Å². The zero-order chi connectivity index (χ0) is 15.8. The van der Waals surface area contributed by atoms with Crippen LogP contribution in [0.15, 0.2) is 48.5 Å². The average Bonchev–Trinajstić information content (AvgIpc) is 2.55. The molecule has 0 aromatic heterocycles. The second kappa shape index (κ2) is 7.81. The Kier molecular flexibility index (Phi) is 5.52. The fourth-order valence-electron chi connectivity index (χ4n) is 1.85. The van der Waals surface area contributed by atoms with Gasteiger partial charge in [-0.15, -0.1) is 0 Å². The van der Waals surface area contributed by atoms with Gasteiger partial charge in [0.15, 0.2) is 0 Å². The fraction of sp³-hybridized carbons (Fsp3) is 0.176. The Balaban J connectivity index is 1.78. The number of amides is 1. The molecule has 0 saturated heterocycles. The Labute approximate surface area is 129 Å². The summed E-state index contributed by atoms with van der Waals surface area (Å²) in [5.41, 5.74) is 2.04. The molecule has 0 heterocycles. The number of rotatable bonds is 6. The molecular weight excluding hydrogens is 280 g/mol. The number of carbonyl (C=O) groups is 1. The number of ether oxygens (including phenoxy) is 2. The number of hydrogen-bond donors (Lipinski definition) is 1. The number of nitriles is 1. The maximum absolute atomic E-state index is 11.8. The third kappa shape index (κ3) is 4.62. The van der Waals surface area contributed by atoms with Crippen molar-refractivity contribution in [2.75, 3.05) is 19.0 Å². The van der Waals surface area contributed by atoms with Crippen molar-refractivity contribution >= 4 is 11.6 Å². The minimum Gasteiger partial charge on any atom is -0.497 e. The van der Waals surface area contributed by atoms with Crippen LogP contribution in [0.5, 0.6) is 5.75 Å². The molecule has 0 unspecified atom stereocenters. The zero-order valence-corrected chi connectivity index (χ0v) is 12.2. The first-order valence-electron chi connectivity index (χ1n) is 6.72. The second-order valence-corrected chi connectivity index (χ2v) is 4.58. The van der Waals surface area contributed by atoms with E-state index in [-0.39, 0.29) is 12.5 Å². The van der Waals surface area contributed by atoms with Crippen LogP contribution in [0, 0.1) is 11.3 Å². The van der Waals surface area contributed by atoms with Crippen LogP contribution in [0.25, 0.3) is 0 Å². The first-order chi connectivity index (χ1) is 10.7. The van der Waals surface area contributed by atoms with Gasteiger partial charge >= 0.3 is 0 Å². The highest BCUT2D eigenvalue weighted by Crippen LogP contribution is 2.12. The lowest BCUT2D eigenvalue weighted by molar-refractivity contribution is -0.121. The van der Waals surface area contributed by atoms with Crippen LogP contribution in [-0.2, 0) is 16.1 Å². The van der Waals surface area contributed by atoms with E-state index in [1.807, 2.05) is 30.3 Å². The second-order valence-electron chi connectivity index (χ2n) is 4.58. The van der Waals surface area contributed by atoms with Crippen LogP contribution in [-0.4, -0.2) is 19.6 Å². The fourth-order valence-corrected chi connectivity index (χ4v) is 1.85. The molecule has 112 valence electrons. The summed E-state index contributed by atoms with van der Waals surface area (Å²) in [5, 5.41) is 11.5. The highest BCUT2D eigenvalue weighted by molar-refractivity contribution is 5.91. The van der Waals surface area contributed by atoms with Gasteiger partial charge in [0.2, 0.25) is 5.91 Å². The third-order valence-corrected chi connectivity index (χ3v) is 2.94. The van der Waals surface area contributed by atoms with Crippen molar-refractivity contribution in [2.45, 2.75) is 6.61 Å². The highest BCUT2D eigenvalue weighted by Gasteiger charge is 2.04. The number of hydrogen-bond acceptors (Lipinski definition) is 4. The van der Waals surface area contributed by atoms with Crippen LogP contribution < -0.4 is 10.1 Å². The van der Waals surface area contributed by atoms with E-state index in [4.69, 9.17) is 14.7 Å². The Hall–Kier alpha value is -2.84. The van der Waals surface area contributed by atoms with Crippen molar-refractivity contribution in [2.24, 2.45) is 0 Å². The van der Waals surface area contributed by atoms with Crippen molar-refractivity contribution in [3.05, 3.63) is 59.7 Å². The standard InChI is InChI=1S/C17H16N2O3/c1-21-16-7-5-13(6-8-16)11-22-12-17(20)19-15-4-2-3-14(9-15)10-18/h2-9H,11-12H2,1H3,(H,19,20). The van der Waals surface area contributed by atoms with Crippen LogP contribution in [0.2, 0.25) is 0 Å². The maximum Gasteiger partial charge on any atom is 0.250 e. The smallest absolute Gasteiger partial charge is 0.250 e. The summed E-state index contributed by atoms with van der Waals surface area (Å²) in [4.78, 5) is 11.8. The molecule has 2 rings (SSSR count). The molecule has 0 saturated carbocycles. The molecule has 0 atom stereocenters. The maximum atomic E-state index is 11.8. The van der Waals surface area contributed by atoms with E-state index in [1.165, 1.54) is 0 Å². The van der Waals surface area contributed by atoms with Crippen molar-refractivity contribution < 1.29 is 14.3 Å². The van der Waals surface area contributed by atoms with E-state index >= 15 is 0 Å². The third-order valence-electron chi connectivity index (χ3n) is 2.94. The molecule has 0 bridgehead atoms. The normalized spacial score (nSPS) is 9.82. The summed E-state index contributed by atoms with van der Waals surface area (Å²) in [7, 11) is 1.61. The molecule has 22 heavy (non-hydrogen) atoms. The minimum absolute atomic E-state index is 0.0528. The van der Waals surface area contributed by atoms with E-state index in [2.05, 4.69) is 5.32 Å². The molecule has 1 N–H and O–H groups in total. The van der Waals surface area contributed by atoms with Crippen molar-refractivity contribution in [1.29, 1.82) is 5.26 Å². The first-order valence-corrected chi connectivity index (χ1v) is 6.72. The Morgan fingerprint density at radius 2 is 2.00 bits per heavy atom. The minimum atomic E-state index is -0.261. The van der Waals surface area contributed by atoms with Gasteiger partial charge in [0, 0.05) is 5.69 Å². The topological polar surface area (TPSA) is 71.3 Å². The van der Waals surface area contributed by atoms with E-state index < -0.39 is 0 Å². The number of carbonyl (C=O) groups excluding carboxylic acids is 1. The number of anilines is 1. The molecule has 0 aliphatic carbocycles. The predicted molar refractivity (Wildman–Crippen MR) is 82.4 cm³/mol. The summed E-state index contributed by atoms with van der Waals surface area (Å²) < 4.78 is 10.4. The lowest BCUT2D eigenvalue weighted by Gasteiger charge is -2.07.